The molecule has 2 atom stereocenters. The van der Waals surface area contributed by atoms with Crippen LogP contribution < -0.4 is 4.90 Å². The maximum atomic E-state index is 13.6. The van der Waals surface area contributed by atoms with Gasteiger partial charge in [-0.3, -0.25) is 9.69 Å². The zero-order chi connectivity index (χ0) is 36.2. The normalized spacial score (nSPS) is 15.6. The first-order valence-corrected chi connectivity index (χ1v) is 16.4. The number of benzene rings is 3. The lowest BCUT2D eigenvalue weighted by Gasteiger charge is -2.39. The fourth-order valence-electron chi connectivity index (χ4n) is 6.25. The van der Waals surface area contributed by atoms with Crippen molar-refractivity contribution in [1.29, 1.82) is 0 Å². The maximum absolute atomic E-state index is 13.6. The Morgan fingerprint density at radius 3 is 2.16 bits per heavy atom. The Kier molecular flexibility index (Phi) is 11.7. The number of nitrogens with zero attached hydrogens (tertiary/aromatic N) is 6. The molecule has 1 fully saturated rings. The van der Waals surface area contributed by atoms with Crippen molar-refractivity contribution in [2.75, 3.05) is 51.3 Å². The molecule has 0 radical (unpaired) electrons. The van der Waals surface area contributed by atoms with Crippen LogP contribution in [-0.2, 0) is 18.9 Å². The van der Waals surface area contributed by atoms with Crippen molar-refractivity contribution in [3.8, 4) is 0 Å². The van der Waals surface area contributed by atoms with E-state index in [-0.39, 0.29) is 16.1 Å². The summed E-state index contributed by atoms with van der Waals surface area (Å²) in [6.07, 6.45) is -6.74. The lowest BCUT2D eigenvalue weighted by atomic mass is 9.87. The number of hydrogen-bond acceptors (Lipinski definition) is 6. The van der Waals surface area contributed by atoms with Crippen LogP contribution in [-0.4, -0.2) is 88.0 Å². The van der Waals surface area contributed by atoms with Crippen molar-refractivity contribution in [3.05, 3.63) is 111 Å². The van der Waals surface area contributed by atoms with Crippen LogP contribution in [0.1, 0.15) is 45.0 Å². The number of hydrogen-bond donors (Lipinski definition) is 1. The summed E-state index contributed by atoms with van der Waals surface area (Å²) in [5.41, 5.74) is -1.25. The summed E-state index contributed by atoms with van der Waals surface area (Å²) in [5, 5.41) is 15.3. The number of carbonyl (C=O) groups is 1. The van der Waals surface area contributed by atoms with Gasteiger partial charge in [0.05, 0.1) is 40.4 Å². The van der Waals surface area contributed by atoms with Gasteiger partial charge < -0.3 is 14.9 Å². The molecule has 50 heavy (non-hydrogen) atoms. The molecule has 1 aromatic heterocycles. The van der Waals surface area contributed by atoms with E-state index in [1.165, 1.54) is 13.4 Å². The van der Waals surface area contributed by atoms with Crippen LogP contribution in [0.2, 0.25) is 10.0 Å². The van der Waals surface area contributed by atoms with Crippen LogP contribution >= 0.6 is 23.2 Å². The van der Waals surface area contributed by atoms with Crippen molar-refractivity contribution in [3.63, 3.8) is 0 Å². The lowest BCUT2D eigenvalue weighted by molar-refractivity contribution is -0.143. The number of aromatic nitrogens is 3. The van der Waals surface area contributed by atoms with E-state index >= 15 is 0 Å². The van der Waals surface area contributed by atoms with E-state index in [1.54, 1.807) is 29.2 Å². The largest absolute Gasteiger partial charge is 0.416 e. The third-order valence-corrected chi connectivity index (χ3v) is 9.67. The number of piperazine rings is 1. The van der Waals surface area contributed by atoms with Gasteiger partial charge in [0.25, 0.3) is 5.91 Å². The first kappa shape index (κ1) is 37.4. The Hall–Kier alpha value is -3.85. The molecule has 2 heterocycles. The van der Waals surface area contributed by atoms with Crippen molar-refractivity contribution >= 4 is 34.8 Å². The number of halogens is 8. The monoisotopic (exact) mass is 742 g/mol. The minimum atomic E-state index is -5.13. The predicted molar refractivity (Wildman–Crippen MR) is 177 cm³/mol. The molecular formula is C34H34Cl2F6N6O2. The molecule has 4 aromatic rings. The lowest BCUT2D eigenvalue weighted by Crippen LogP contribution is -2.48. The highest BCUT2D eigenvalue weighted by molar-refractivity contribution is 6.42. The van der Waals surface area contributed by atoms with E-state index in [4.69, 9.17) is 23.2 Å². The molecule has 16 heteroatoms. The Bertz CT molecular complexity index is 1730. The number of alkyl halides is 6. The molecule has 3 aromatic carbocycles. The van der Waals surface area contributed by atoms with Gasteiger partial charge in [-0.2, -0.15) is 31.4 Å². The quantitative estimate of drug-likeness (QED) is 0.165. The zero-order valence-corrected chi connectivity index (χ0v) is 28.3. The molecule has 5 rings (SSSR count). The molecule has 1 saturated heterocycles. The van der Waals surface area contributed by atoms with Crippen LogP contribution in [0.4, 0.5) is 32.0 Å². The highest BCUT2D eigenvalue weighted by Crippen LogP contribution is 2.38. The summed E-state index contributed by atoms with van der Waals surface area (Å²) < 4.78 is 83.2. The molecule has 8 nitrogen and oxygen atoms in total. The standard InChI is InChI=1S/C34H34Cl2F6N6O2/c1-45(32(50)24-14-25(33(37,38)39)17-26(15-24)34(40,41)42)31(19-49)27(22-6-7-28(35)29(36)16-22)8-9-46-10-12-47(13-11-46)30-5-3-2-4-23(30)18-48-21-43-20-44-48/h2-7,14-17,20-21,27,31,49H,8-13,18-19H2,1H3/t27-,31?/m0/s1. The molecule has 268 valence electrons. The minimum absolute atomic E-state index is 0.0336. The topological polar surface area (TPSA) is 77.7 Å². The summed E-state index contributed by atoms with van der Waals surface area (Å²) in [6.45, 7) is 3.25. The zero-order valence-electron chi connectivity index (χ0n) is 26.8. The fraction of sp³-hybridized carbons (Fsp3) is 0.382. The number of amides is 1. The van der Waals surface area contributed by atoms with Gasteiger partial charge in [-0.05, 0) is 60.5 Å². The average molecular weight is 744 g/mol. The first-order chi connectivity index (χ1) is 23.7. The van der Waals surface area contributed by atoms with Crippen LogP contribution in [0.15, 0.2) is 73.3 Å². The van der Waals surface area contributed by atoms with E-state index in [9.17, 15) is 36.2 Å². The van der Waals surface area contributed by atoms with Gasteiger partial charge in [-0.1, -0.05) is 47.5 Å². The number of carbonyl (C=O) groups excluding carboxylic acids is 1. The van der Waals surface area contributed by atoms with E-state index in [2.05, 4.69) is 25.9 Å². The summed E-state index contributed by atoms with van der Waals surface area (Å²) >= 11 is 12.5. The fourth-order valence-corrected chi connectivity index (χ4v) is 6.56. The number of likely N-dealkylation sites (N-methyl/N-ethyl adjacent to an activating group) is 1. The molecule has 1 N–H and O–H groups in total. The van der Waals surface area contributed by atoms with Gasteiger partial charge in [0.1, 0.15) is 12.7 Å². The minimum Gasteiger partial charge on any atom is -0.394 e. The third kappa shape index (κ3) is 8.89. The van der Waals surface area contributed by atoms with Crippen LogP contribution in [0.25, 0.3) is 0 Å². The SMILES string of the molecule is CN(C(=O)c1cc(C(F)(F)F)cc(C(F)(F)F)c1)C(CO)[C@@H](CCN1CCN(c2ccccc2Cn2cncn2)CC1)c1ccc(Cl)c(Cl)c1. The highest BCUT2D eigenvalue weighted by atomic mass is 35.5. The highest BCUT2D eigenvalue weighted by Gasteiger charge is 2.39. The van der Waals surface area contributed by atoms with Gasteiger partial charge in [-0.15, -0.1) is 0 Å². The smallest absolute Gasteiger partial charge is 0.394 e. The summed E-state index contributed by atoms with van der Waals surface area (Å²) in [6, 6.07) is 12.6. The Morgan fingerprint density at radius 2 is 1.58 bits per heavy atom. The Morgan fingerprint density at radius 1 is 0.920 bits per heavy atom. The van der Waals surface area contributed by atoms with E-state index < -0.39 is 53.5 Å². The number of rotatable bonds is 11. The van der Waals surface area contributed by atoms with Gasteiger partial charge in [0.2, 0.25) is 0 Å². The van der Waals surface area contributed by atoms with Crippen molar-refractivity contribution in [2.24, 2.45) is 0 Å². The van der Waals surface area contributed by atoms with Gasteiger partial charge in [0, 0.05) is 50.4 Å². The molecule has 0 bridgehead atoms. The third-order valence-electron chi connectivity index (χ3n) is 8.94. The van der Waals surface area contributed by atoms with Gasteiger partial charge in [0.15, 0.2) is 0 Å². The van der Waals surface area contributed by atoms with Gasteiger partial charge in [-0.25, -0.2) is 9.67 Å². The molecule has 1 aliphatic heterocycles. The van der Waals surface area contributed by atoms with E-state index in [1.807, 2.05) is 18.2 Å². The number of para-hydroxylation sites is 1. The number of anilines is 1. The number of aliphatic hydroxyl groups is 1. The van der Waals surface area contributed by atoms with Gasteiger partial charge >= 0.3 is 12.4 Å². The summed E-state index contributed by atoms with van der Waals surface area (Å²) in [7, 11) is 1.25. The number of aliphatic hydroxyl groups excluding tert-OH is 1. The average Bonchev–Trinajstić information content (AvgIpc) is 3.60. The molecule has 0 saturated carbocycles. The van der Waals surface area contributed by atoms with Crippen molar-refractivity contribution < 1.29 is 36.2 Å². The predicted octanol–water partition coefficient (Wildman–Crippen LogP) is 7.10. The molecule has 1 aliphatic rings. The van der Waals surface area contributed by atoms with Crippen LogP contribution in [0.3, 0.4) is 0 Å². The van der Waals surface area contributed by atoms with Crippen LogP contribution in [0, 0.1) is 0 Å². The van der Waals surface area contributed by atoms with Crippen molar-refractivity contribution in [1.82, 2.24) is 24.6 Å². The molecule has 0 aliphatic carbocycles. The van der Waals surface area contributed by atoms with E-state index in [0.29, 0.717) is 63.4 Å². The molecule has 1 unspecified atom stereocenters. The molecule has 0 spiro atoms. The maximum Gasteiger partial charge on any atom is 0.416 e. The second kappa shape index (κ2) is 15.6. The molecule has 1 amide bonds. The van der Waals surface area contributed by atoms with E-state index in [0.717, 1.165) is 16.2 Å². The Labute approximate surface area is 294 Å². The summed E-state index contributed by atoms with van der Waals surface area (Å²) in [5.74, 6) is -1.72. The second-order valence-corrected chi connectivity index (χ2v) is 12.9. The molecular weight excluding hydrogens is 709 g/mol. The second-order valence-electron chi connectivity index (χ2n) is 12.1. The first-order valence-electron chi connectivity index (χ1n) is 15.7. The van der Waals surface area contributed by atoms with Crippen LogP contribution in [0.5, 0.6) is 0 Å². The summed E-state index contributed by atoms with van der Waals surface area (Å²) in [4.78, 5) is 23.1. The van der Waals surface area contributed by atoms with Crippen molar-refractivity contribution in [2.45, 2.75) is 37.3 Å². The Balaban J connectivity index is 1.34.